The number of esters is 1. The van der Waals surface area contributed by atoms with Crippen LogP contribution in [0.2, 0.25) is 0 Å². The van der Waals surface area contributed by atoms with Gasteiger partial charge in [-0.25, -0.2) is 0 Å². The molecule has 0 aliphatic carbocycles. The molecule has 0 spiro atoms. The van der Waals surface area contributed by atoms with E-state index in [1.807, 2.05) is 6.92 Å². The molecule has 3 unspecified atom stereocenters. The van der Waals surface area contributed by atoms with E-state index in [0.29, 0.717) is 6.42 Å². The van der Waals surface area contributed by atoms with E-state index in [0.717, 1.165) is 12.8 Å². The largest absolute Gasteiger partial charge is 0.462 e. The normalized spacial score (nSPS) is 38.2. The van der Waals surface area contributed by atoms with Gasteiger partial charge in [0.1, 0.15) is 5.38 Å². The lowest BCUT2D eigenvalue weighted by Crippen LogP contribution is -2.28. The van der Waals surface area contributed by atoms with Crippen molar-refractivity contribution in [1.82, 2.24) is 0 Å². The highest BCUT2D eigenvalue weighted by Crippen LogP contribution is 2.22. The average Bonchev–Trinajstić information content (AvgIpc) is 1.99. The second-order valence-corrected chi connectivity index (χ2v) is 4.27. The molecular weight excluding hydrogens is 199 g/mol. The molecule has 0 saturated carbocycles. The Morgan fingerprint density at radius 3 is 2.75 bits per heavy atom. The fraction of sp³-hybridized carbons (Fsp3) is 0.875. The summed E-state index contributed by atoms with van der Waals surface area (Å²) in [5, 5.41) is -0.571. The van der Waals surface area contributed by atoms with E-state index in [2.05, 4.69) is 0 Å². The molecule has 2 nitrogen and oxygen atoms in total. The average molecular weight is 211 g/mol. The van der Waals surface area contributed by atoms with Crippen molar-refractivity contribution in [3.8, 4) is 0 Å². The van der Waals surface area contributed by atoms with Gasteiger partial charge in [0.15, 0.2) is 0 Å². The number of alkyl halides is 2. The highest BCUT2D eigenvalue weighted by Gasteiger charge is 2.25. The topological polar surface area (TPSA) is 26.3 Å². The zero-order valence-electron chi connectivity index (χ0n) is 6.93. The summed E-state index contributed by atoms with van der Waals surface area (Å²) in [5.41, 5.74) is 0. The molecular formula is C8H12Cl2O2. The van der Waals surface area contributed by atoms with Gasteiger partial charge in [-0.2, -0.15) is 0 Å². The van der Waals surface area contributed by atoms with Crippen molar-refractivity contribution in [2.75, 3.05) is 0 Å². The monoisotopic (exact) mass is 210 g/mol. The van der Waals surface area contributed by atoms with Crippen LogP contribution in [0.25, 0.3) is 0 Å². The SMILES string of the molecule is CC1CCC(Cl)CC(Cl)C(=O)O1. The fourth-order valence-corrected chi connectivity index (χ4v) is 1.85. The molecule has 1 rings (SSSR count). The van der Waals surface area contributed by atoms with E-state index in [4.69, 9.17) is 27.9 Å². The fourth-order valence-electron chi connectivity index (χ4n) is 1.19. The zero-order valence-corrected chi connectivity index (χ0v) is 8.44. The Labute approximate surface area is 82.2 Å². The molecule has 0 aromatic carbocycles. The third kappa shape index (κ3) is 2.83. The van der Waals surface area contributed by atoms with Gasteiger partial charge < -0.3 is 4.74 Å². The van der Waals surface area contributed by atoms with E-state index in [1.165, 1.54) is 0 Å². The van der Waals surface area contributed by atoms with Crippen LogP contribution >= 0.6 is 23.2 Å². The maximum atomic E-state index is 11.1. The Bertz CT molecular complexity index is 172. The number of hydrogen-bond donors (Lipinski definition) is 0. The van der Waals surface area contributed by atoms with Crippen molar-refractivity contribution in [3.05, 3.63) is 0 Å². The van der Waals surface area contributed by atoms with Gasteiger partial charge in [0.2, 0.25) is 0 Å². The van der Waals surface area contributed by atoms with Gasteiger partial charge in [-0.15, -0.1) is 23.2 Å². The molecule has 1 aliphatic rings. The quantitative estimate of drug-likeness (QED) is 0.454. The van der Waals surface area contributed by atoms with Crippen LogP contribution in [0, 0.1) is 0 Å². The first kappa shape index (κ1) is 10.1. The molecule has 1 fully saturated rings. The summed E-state index contributed by atoms with van der Waals surface area (Å²) in [6, 6.07) is 0. The first-order valence-corrected chi connectivity index (χ1v) is 4.95. The molecule has 12 heavy (non-hydrogen) atoms. The lowest BCUT2D eigenvalue weighted by molar-refractivity contribution is -0.148. The molecule has 70 valence electrons. The van der Waals surface area contributed by atoms with Crippen LogP contribution < -0.4 is 0 Å². The third-order valence-electron chi connectivity index (χ3n) is 1.92. The number of rotatable bonds is 0. The Kier molecular flexibility index (Phi) is 3.66. The van der Waals surface area contributed by atoms with Crippen LogP contribution in [-0.4, -0.2) is 22.8 Å². The second-order valence-electron chi connectivity index (χ2n) is 3.13. The van der Waals surface area contributed by atoms with E-state index >= 15 is 0 Å². The number of hydrogen-bond acceptors (Lipinski definition) is 2. The summed E-state index contributed by atoms with van der Waals surface area (Å²) in [7, 11) is 0. The maximum Gasteiger partial charge on any atom is 0.324 e. The van der Waals surface area contributed by atoms with Crippen LogP contribution in [0.1, 0.15) is 26.2 Å². The summed E-state index contributed by atoms with van der Waals surface area (Å²) in [5.74, 6) is -0.338. The minimum absolute atomic E-state index is 0.00259. The first-order valence-electron chi connectivity index (χ1n) is 4.08. The number of cyclic esters (lactones) is 1. The molecule has 0 radical (unpaired) electrons. The van der Waals surface area contributed by atoms with Gasteiger partial charge in [-0.3, -0.25) is 4.79 Å². The van der Waals surface area contributed by atoms with E-state index in [-0.39, 0.29) is 17.5 Å². The van der Waals surface area contributed by atoms with E-state index in [1.54, 1.807) is 0 Å². The minimum atomic E-state index is -0.574. The number of ether oxygens (including phenoxy) is 1. The van der Waals surface area contributed by atoms with Gasteiger partial charge in [0.25, 0.3) is 0 Å². The van der Waals surface area contributed by atoms with Gasteiger partial charge in [-0.05, 0) is 26.2 Å². The van der Waals surface area contributed by atoms with Crippen molar-refractivity contribution in [1.29, 1.82) is 0 Å². The van der Waals surface area contributed by atoms with Gasteiger partial charge in [0.05, 0.1) is 6.10 Å². The predicted molar refractivity (Wildman–Crippen MR) is 48.7 cm³/mol. The van der Waals surface area contributed by atoms with Crippen molar-refractivity contribution in [2.45, 2.75) is 43.0 Å². The molecule has 3 atom stereocenters. The Hall–Kier alpha value is 0.0500. The van der Waals surface area contributed by atoms with Crippen molar-refractivity contribution >= 4 is 29.2 Å². The summed E-state index contributed by atoms with van der Waals surface area (Å²) >= 11 is 11.7. The summed E-state index contributed by atoms with van der Waals surface area (Å²) in [6.07, 6.45) is 2.14. The zero-order chi connectivity index (χ0) is 9.14. The van der Waals surface area contributed by atoms with Crippen LogP contribution in [0.5, 0.6) is 0 Å². The second kappa shape index (κ2) is 4.33. The molecule has 1 aliphatic heterocycles. The van der Waals surface area contributed by atoms with Crippen LogP contribution in [-0.2, 0) is 9.53 Å². The van der Waals surface area contributed by atoms with E-state index in [9.17, 15) is 4.79 Å². The number of carbonyl (C=O) groups excluding carboxylic acids is 1. The number of halogens is 2. The van der Waals surface area contributed by atoms with Crippen LogP contribution in [0.15, 0.2) is 0 Å². The molecule has 0 bridgehead atoms. The molecule has 0 N–H and O–H groups in total. The molecule has 4 heteroatoms. The first-order chi connectivity index (χ1) is 5.59. The summed E-state index contributed by atoms with van der Waals surface area (Å²) < 4.78 is 5.02. The highest BCUT2D eigenvalue weighted by molar-refractivity contribution is 6.30. The van der Waals surface area contributed by atoms with Crippen molar-refractivity contribution in [3.63, 3.8) is 0 Å². The predicted octanol–water partition coefficient (Wildman–Crippen LogP) is 2.32. The molecule has 1 heterocycles. The van der Waals surface area contributed by atoms with E-state index < -0.39 is 5.38 Å². The van der Waals surface area contributed by atoms with Crippen LogP contribution in [0.4, 0.5) is 0 Å². The Morgan fingerprint density at radius 1 is 1.42 bits per heavy atom. The van der Waals surface area contributed by atoms with Gasteiger partial charge >= 0.3 is 5.97 Å². The highest BCUT2D eigenvalue weighted by atomic mass is 35.5. The lowest BCUT2D eigenvalue weighted by Gasteiger charge is -2.21. The Morgan fingerprint density at radius 2 is 2.08 bits per heavy atom. The van der Waals surface area contributed by atoms with Crippen molar-refractivity contribution in [2.24, 2.45) is 0 Å². The maximum absolute atomic E-state index is 11.1. The summed E-state index contributed by atoms with van der Waals surface area (Å²) in [6.45, 7) is 1.86. The van der Waals surface area contributed by atoms with Crippen LogP contribution in [0.3, 0.4) is 0 Å². The summed E-state index contributed by atoms with van der Waals surface area (Å²) in [4.78, 5) is 11.1. The number of carbonyl (C=O) groups is 1. The van der Waals surface area contributed by atoms with Gasteiger partial charge in [0, 0.05) is 5.38 Å². The molecule has 0 aromatic rings. The molecule has 0 amide bonds. The molecule has 1 saturated heterocycles. The molecule has 0 aromatic heterocycles. The lowest BCUT2D eigenvalue weighted by atomic mass is 10.1. The third-order valence-corrected chi connectivity index (χ3v) is 2.67. The minimum Gasteiger partial charge on any atom is -0.462 e. The Balaban J connectivity index is 2.54. The standard InChI is InChI=1S/C8H12Cl2O2/c1-5-2-3-6(9)4-7(10)8(11)12-5/h5-7H,2-4H2,1H3. The van der Waals surface area contributed by atoms with Crippen molar-refractivity contribution < 1.29 is 9.53 Å². The van der Waals surface area contributed by atoms with Gasteiger partial charge in [-0.1, -0.05) is 0 Å². The smallest absolute Gasteiger partial charge is 0.324 e.